The van der Waals surface area contributed by atoms with Gasteiger partial charge in [-0.05, 0) is 79.1 Å². The van der Waals surface area contributed by atoms with Crippen molar-refractivity contribution in [3.8, 4) is 16.2 Å². The average molecular weight is 579 g/mol. The molecule has 0 atom stereocenters. The third kappa shape index (κ3) is 5.73. The van der Waals surface area contributed by atoms with Gasteiger partial charge in [0.1, 0.15) is 11.4 Å². The van der Waals surface area contributed by atoms with E-state index >= 15 is 0 Å². The molecule has 0 radical (unpaired) electrons. The first-order valence-corrected chi connectivity index (χ1v) is 15.2. The van der Waals surface area contributed by atoms with Crippen LogP contribution in [0.4, 0.5) is 0 Å². The van der Waals surface area contributed by atoms with Crippen LogP contribution in [0.5, 0.6) is 5.75 Å². The minimum Gasteiger partial charge on any atom is -0.494 e. The van der Waals surface area contributed by atoms with Crippen LogP contribution in [-0.4, -0.2) is 25.9 Å². The van der Waals surface area contributed by atoms with E-state index in [1.54, 1.807) is 29.5 Å². The third-order valence-electron chi connectivity index (χ3n) is 6.49. The number of aryl methyl sites for hydroxylation is 3. The number of carbonyl (C=O) groups excluding carboxylic acids is 1. The zero-order valence-corrected chi connectivity index (χ0v) is 23.8. The summed E-state index contributed by atoms with van der Waals surface area (Å²) in [5, 5.41) is 3.60. The molecule has 2 heterocycles. The molecule has 0 bridgehead atoms. The lowest BCUT2D eigenvalue weighted by atomic mass is 10.0. The molecule has 0 saturated carbocycles. The minimum absolute atomic E-state index is 0.0252. The molecule has 6 nitrogen and oxygen atoms in total. The Labute approximate surface area is 236 Å². The Balaban J connectivity index is 1.45. The number of ether oxygens (including phenoxy) is 1. The van der Waals surface area contributed by atoms with Gasteiger partial charge in [-0.3, -0.25) is 4.79 Å². The summed E-state index contributed by atoms with van der Waals surface area (Å²) in [5.41, 5.74) is 4.62. The first kappa shape index (κ1) is 27.0. The molecule has 1 amide bonds. The Morgan fingerprint density at radius 1 is 1.00 bits per heavy atom. The van der Waals surface area contributed by atoms with E-state index in [4.69, 9.17) is 16.3 Å². The van der Waals surface area contributed by atoms with Crippen LogP contribution in [0.3, 0.4) is 0 Å². The predicted octanol–water partition coefficient (Wildman–Crippen LogP) is 7.30. The van der Waals surface area contributed by atoms with Gasteiger partial charge in [0.2, 0.25) is 0 Å². The second-order valence-corrected chi connectivity index (χ2v) is 12.3. The Hall–Kier alpha value is -3.59. The van der Waals surface area contributed by atoms with E-state index in [1.807, 2.05) is 61.7 Å². The molecule has 0 spiro atoms. The summed E-state index contributed by atoms with van der Waals surface area (Å²) >= 11 is 7.87. The SMILES string of the molecule is Cc1cc(OCCCc2c(C(=O)NS(=O)(=O)c3ccccc3)[nH]c3c(-c4cccs4)cccc23)cc(C)c1Cl. The molecular formula is C30H27ClN2O4S2. The van der Waals surface area contributed by atoms with E-state index in [9.17, 15) is 13.2 Å². The number of fused-ring (bicyclic) bond motifs is 1. The number of rotatable bonds is 9. The number of aromatic nitrogens is 1. The van der Waals surface area contributed by atoms with Gasteiger partial charge in [-0.2, -0.15) is 0 Å². The Kier molecular flexibility index (Phi) is 7.79. The normalized spacial score (nSPS) is 11.6. The van der Waals surface area contributed by atoms with Crippen molar-refractivity contribution < 1.29 is 17.9 Å². The summed E-state index contributed by atoms with van der Waals surface area (Å²) in [7, 11) is -4.04. The van der Waals surface area contributed by atoms with Crippen molar-refractivity contribution in [3.63, 3.8) is 0 Å². The van der Waals surface area contributed by atoms with Crippen LogP contribution in [0.2, 0.25) is 5.02 Å². The van der Waals surface area contributed by atoms with E-state index in [0.29, 0.717) is 19.4 Å². The van der Waals surface area contributed by atoms with Gasteiger partial charge < -0.3 is 9.72 Å². The summed E-state index contributed by atoms with van der Waals surface area (Å²) in [6, 6.07) is 21.5. The second-order valence-electron chi connectivity index (χ2n) is 9.25. The van der Waals surface area contributed by atoms with Crippen LogP contribution in [0.25, 0.3) is 21.3 Å². The van der Waals surface area contributed by atoms with Crippen molar-refractivity contribution in [2.75, 3.05) is 6.61 Å². The van der Waals surface area contributed by atoms with Gasteiger partial charge in [-0.1, -0.05) is 54.1 Å². The van der Waals surface area contributed by atoms with Crippen LogP contribution in [0.15, 0.2) is 83.1 Å². The molecule has 0 aliphatic heterocycles. The van der Waals surface area contributed by atoms with E-state index in [-0.39, 0.29) is 10.6 Å². The summed E-state index contributed by atoms with van der Waals surface area (Å²) in [6.07, 6.45) is 1.12. The summed E-state index contributed by atoms with van der Waals surface area (Å²) < 4.78 is 34.1. The molecule has 9 heteroatoms. The fraction of sp³-hybridized carbons (Fsp3) is 0.167. The molecule has 0 saturated heterocycles. The zero-order chi connectivity index (χ0) is 27.6. The van der Waals surface area contributed by atoms with Gasteiger partial charge in [0.25, 0.3) is 15.9 Å². The number of aromatic amines is 1. The highest BCUT2D eigenvalue weighted by Gasteiger charge is 2.24. The van der Waals surface area contributed by atoms with Gasteiger partial charge in [-0.25, -0.2) is 13.1 Å². The van der Waals surface area contributed by atoms with Gasteiger partial charge >= 0.3 is 0 Å². The number of H-pyrrole nitrogens is 1. The van der Waals surface area contributed by atoms with Crippen LogP contribution < -0.4 is 9.46 Å². The molecule has 0 unspecified atom stereocenters. The standard InChI is InChI=1S/C30H27ClN2O4S2/c1-19-17-21(18-20(2)27(19)31)37-15-7-13-24-23-11-6-12-25(26-14-8-16-38-26)28(23)32-29(24)30(34)33-39(35,36)22-9-4-3-5-10-22/h3-6,8-12,14,16-18,32H,7,13,15H2,1-2H3,(H,33,34). The Morgan fingerprint density at radius 3 is 2.44 bits per heavy atom. The monoisotopic (exact) mass is 578 g/mol. The minimum atomic E-state index is -4.04. The quantitative estimate of drug-likeness (QED) is 0.180. The van der Waals surface area contributed by atoms with Crippen molar-refractivity contribution in [2.24, 2.45) is 0 Å². The number of hydrogen-bond acceptors (Lipinski definition) is 5. The first-order valence-electron chi connectivity index (χ1n) is 12.4. The van der Waals surface area contributed by atoms with Crippen molar-refractivity contribution in [2.45, 2.75) is 31.6 Å². The third-order valence-corrected chi connectivity index (χ3v) is 9.33. The maximum absolute atomic E-state index is 13.4. The lowest BCUT2D eigenvalue weighted by Gasteiger charge is -2.11. The smallest absolute Gasteiger partial charge is 0.281 e. The number of thiophene rings is 1. The van der Waals surface area contributed by atoms with E-state index in [1.165, 1.54) is 12.1 Å². The number of benzene rings is 3. The van der Waals surface area contributed by atoms with Crippen LogP contribution in [-0.2, 0) is 16.4 Å². The molecular weight excluding hydrogens is 552 g/mol. The number of sulfonamides is 1. The van der Waals surface area contributed by atoms with Crippen LogP contribution in [0, 0.1) is 13.8 Å². The van der Waals surface area contributed by atoms with E-state index in [0.717, 1.165) is 48.8 Å². The topological polar surface area (TPSA) is 88.3 Å². The molecule has 0 aliphatic rings. The molecule has 5 rings (SSSR count). The number of carbonyl (C=O) groups is 1. The van der Waals surface area contributed by atoms with E-state index < -0.39 is 15.9 Å². The second kappa shape index (κ2) is 11.3. The number of halogens is 1. The van der Waals surface area contributed by atoms with Gasteiger partial charge in [0, 0.05) is 20.8 Å². The lowest BCUT2D eigenvalue weighted by Crippen LogP contribution is -2.31. The molecule has 39 heavy (non-hydrogen) atoms. The first-order chi connectivity index (χ1) is 18.7. The fourth-order valence-corrected chi connectivity index (χ4v) is 6.47. The fourth-order valence-electron chi connectivity index (χ4n) is 4.62. The van der Waals surface area contributed by atoms with Gasteiger partial charge in [0.05, 0.1) is 17.0 Å². The highest BCUT2D eigenvalue weighted by molar-refractivity contribution is 7.90. The number of para-hydroxylation sites is 1. The molecule has 200 valence electrons. The number of nitrogens with one attached hydrogen (secondary N) is 2. The van der Waals surface area contributed by atoms with Crippen molar-refractivity contribution in [1.29, 1.82) is 0 Å². The van der Waals surface area contributed by atoms with Gasteiger partial charge in [0.15, 0.2) is 0 Å². The highest BCUT2D eigenvalue weighted by Crippen LogP contribution is 2.35. The Bertz CT molecular complexity index is 1720. The predicted molar refractivity (Wildman–Crippen MR) is 157 cm³/mol. The summed E-state index contributed by atoms with van der Waals surface area (Å²) in [5.74, 6) is 0.0345. The highest BCUT2D eigenvalue weighted by atomic mass is 35.5. The lowest BCUT2D eigenvalue weighted by molar-refractivity contribution is 0.0976. The van der Waals surface area contributed by atoms with Gasteiger partial charge in [-0.15, -0.1) is 11.3 Å². The van der Waals surface area contributed by atoms with Crippen LogP contribution in [0.1, 0.15) is 33.6 Å². The van der Waals surface area contributed by atoms with E-state index in [2.05, 4.69) is 9.71 Å². The molecule has 3 aromatic carbocycles. The molecule has 2 N–H and O–H groups in total. The maximum atomic E-state index is 13.4. The number of hydrogen-bond donors (Lipinski definition) is 2. The van der Waals surface area contributed by atoms with Crippen LogP contribution >= 0.6 is 22.9 Å². The largest absolute Gasteiger partial charge is 0.494 e. The van der Waals surface area contributed by atoms with Crippen molar-refractivity contribution in [1.82, 2.24) is 9.71 Å². The molecule has 0 aliphatic carbocycles. The van der Waals surface area contributed by atoms with Crippen molar-refractivity contribution in [3.05, 3.63) is 106 Å². The summed E-state index contributed by atoms with van der Waals surface area (Å²) in [4.78, 5) is 17.7. The number of amides is 1. The molecule has 5 aromatic rings. The molecule has 2 aromatic heterocycles. The Morgan fingerprint density at radius 2 is 1.74 bits per heavy atom. The summed E-state index contributed by atoms with van der Waals surface area (Å²) in [6.45, 7) is 4.29. The zero-order valence-electron chi connectivity index (χ0n) is 21.5. The van der Waals surface area contributed by atoms with Crippen molar-refractivity contribution >= 4 is 49.8 Å². The maximum Gasteiger partial charge on any atom is 0.281 e. The molecule has 0 fully saturated rings. The average Bonchev–Trinajstić information content (AvgIpc) is 3.58.